The topological polar surface area (TPSA) is 9.23 Å². The molecule has 0 bridgehead atoms. The number of hydrogen-bond acceptors (Lipinski definition) is 2. The van der Waals surface area contributed by atoms with Gasteiger partial charge in [-0.1, -0.05) is 13.8 Å². The molecule has 0 aliphatic rings. The molecule has 0 heterocycles. The molecule has 0 fully saturated rings. The third kappa shape index (κ3) is 3.45. The van der Waals surface area contributed by atoms with Gasteiger partial charge in [0.05, 0.1) is 0 Å². The van der Waals surface area contributed by atoms with Crippen LogP contribution in [-0.4, -0.2) is 24.4 Å². The summed E-state index contributed by atoms with van der Waals surface area (Å²) < 4.78 is 5.37. The molecule has 0 aliphatic carbocycles. The summed E-state index contributed by atoms with van der Waals surface area (Å²) in [5, 5.41) is 0. The lowest BCUT2D eigenvalue weighted by Crippen LogP contribution is -2.30. The molecule has 0 aliphatic heterocycles. The molecular formula is C5H16OSSi2. The van der Waals surface area contributed by atoms with Crippen LogP contribution in [0, 0.1) is 5.92 Å². The zero-order valence-electron chi connectivity index (χ0n) is 6.59. The van der Waals surface area contributed by atoms with Crippen LogP contribution in [0.3, 0.4) is 0 Å². The standard InChI is InChI=1S/C5H16OSSi2/c1-4(2)5(7)9(3)6-8/h4-5,7,9H,1-3,8H3. The van der Waals surface area contributed by atoms with E-state index in [4.69, 9.17) is 4.12 Å². The van der Waals surface area contributed by atoms with Crippen molar-refractivity contribution in [3.63, 3.8) is 0 Å². The minimum absolute atomic E-state index is 0.530. The molecule has 0 saturated carbocycles. The lowest BCUT2D eigenvalue weighted by Gasteiger charge is -2.19. The molecule has 9 heavy (non-hydrogen) atoms. The van der Waals surface area contributed by atoms with Crippen LogP contribution in [-0.2, 0) is 4.12 Å². The van der Waals surface area contributed by atoms with Crippen molar-refractivity contribution in [1.82, 2.24) is 0 Å². The highest BCUT2D eigenvalue weighted by Crippen LogP contribution is 2.11. The lowest BCUT2D eigenvalue weighted by atomic mass is 10.3. The van der Waals surface area contributed by atoms with E-state index in [1.165, 1.54) is 0 Å². The van der Waals surface area contributed by atoms with Crippen molar-refractivity contribution in [2.45, 2.75) is 25.3 Å². The monoisotopic (exact) mass is 180 g/mol. The normalized spacial score (nSPS) is 18.3. The van der Waals surface area contributed by atoms with Crippen molar-refractivity contribution >= 4 is 32.2 Å². The fraction of sp³-hybridized carbons (Fsp3) is 1.00. The Morgan fingerprint density at radius 2 is 2.00 bits per heavy atom. The summed E-state index contributed by atoms with van der Waals surface area (Å²) in [6.07, 6.45) is 0. The molecule has 0 aromatic carbocycles. The first-order valence-electron chi connectivity index (χ1n) is 3.30. The third-order valence-corrected chi connectivity index (χ3v) is 8.10. The van der Waals surface area contributed by atoms with E-state index in [0.29, 0.717) is 10.8 Å². The fourth-order valence-electron chi connectivity index (χ4n) is 0.681. The first kappa shape index (κ1) is 9.74. The molecular weight excluding hydrogens is 164 g/mol. The van der Waals surface area contributed by atoms with Crippen molar-refractivity contribution in [3.8, 4) is 0 Å². The van der Waals surface area contributed by atoms with E-state index in [0.717, 1.165) is 10.5 Å². The Bertz CT molecular complexity index is 79.4. The van der Waals surface area contributed by atoms with Gasteiger partial charge < -0.3 is 4.12 Å². The smallest absolute Gasteiger partial charge is 0.172 e. The summed E-state index contributed by atoms with van der Waals surface area (Å²) in [5.41, 5.74) is 0. The van der Waals surface area contributed by atoms with Gasteiger partial charge in [0.15, 0.2) is 9.04 Å². The quantitative estimate of drug-likeness (QED) is 0.480. The second-order valence-electron chi connectivity index (χ2n) is 2.68. The molecule has 0 rings (SSSR count). The molecule has 0 spiro atoms. The Hall–Kier alpha value is 0.744. The van der Waals surface area contributed by atoms with E-state index >= 15 is 0 Å². The van der Waals surface area contributed by atoms with Crippen molar-refractivity contribution in [2.24, 2.45) is 5.92 Å². The highest BCUT2D eigenvalue weighted by atomic mass is 32.1. The summed E-state index contributed by atoms with van der Waals surface area (Å²) in [7, 11) is -0.0281. The number of rotatable bonds is 3. The second kappa shape index (κ2) is 4.54. The fourth-order valence-corrected chi connectivity index (χ4v) is 3.98. The van der Waals surface area contributed by atoms with E-state index < -0.39 is 9.04 Å². The Kier molecular flexibility index (Phi) is 4.92. The molecule has 0 aromatic rings. The van der Waals surface area contributed by atoms with Crippen molar-refractivity contribution < 1.29 is 4.12 Å². The summed E-state index contributed by atoms with van der Waals surface area (Å²) in [5.74, 6) is 0.670. The molecule has 56 valence electrons. The first-order chi connectivity index (χ1) is 4.09. The first-order valence-corrected chi connectivity index (χ1v) is 6.93. The molecule has 0 aromatic heterocycles. The van der Waals surface area contributed by atoms with E-state index in [1.807, 2.05) is 0 Å². The molecule has 0 N–H and O–H groups in total. The second-order valence-corrected chi connectivity index (χ2v) is 7.85. The maximum absolute atomic E-state index is 5.37. The molecule has 4 heteroatoms. The molecule has 2 atom stereocenters. The van der Waals surface area contributed by atoms with Crippen LogP contribution < -0.4 is 0 Å². The molecule has 2 unspecified atom stereocenters. The van der Waals surface area contributed by atoms with Gasteiger partial charge in [0.2, 0.25) is 0 Å². The van der Waals surface area contributed by atoms with Crippen LogP contribution in [0.5, 0.6) is 0 Å². The predicted molar refractivity (Wildman–Crippen MR) is 51.6 cm³/mol. The zero-order valence-corrected chi connectivity index (χ0v) is 10.6. The van der Waals surface area contributed by atoms with Crippen LogP contribution in [0.15, 0.2) is 0 Å². The van der Waals surface area contributed by atoms with Crippen LogP contribution in [0.25, 0.3) is 0 Å². The van der Waals surface area contributed by atoms with Gasteiger partial charge in [-0.05, 0) is 12.5 Å². The average Bonchev–Trinajstić information content (AvgIpc) is 1.84. The summed E-state index contributed by atoms with van der Waals surface area (Å²) in [6, 6.07) is 0. The largest absolute Gasteiger partial charge is 0.465 e. The Morgan fingerprint density at radius 3 is 2.11 bits per heavy atom. The van der Waals surface area contributed by atoms with Crippen molar-refractivity contribution in [1.29, 1.82) is 0 Å². The van der Waals surface area contributed by atoms with Gasteiger partial charge in [-0.3, -0.25) is 0 Å². The molecule has 0 saturated heterocycles. The van der Waals surface area contributed by atoms with Gasteiger partial charge in [0.25, 0.3) is 0 Å². The van der Waals surface area contributed by atoms with Crippen molar-refractivity contribution in [2.75, 3.05) is 0 Å². The van der Waals surface area contributed by atoms with Gasteiger partial charge in [0.1, 0.15) is 10.5 Å². The summed E-state index contributed by atoms with van der Waals surface area (Å²) in [4.78, 5) is 0.530. The van der Waals surface area contributed by atoms with Gasteiger partial charge in [-0.2, -0.15) is 12.6 Å². The predicted octanol–water partition coefficient (Wildman–Crippen LogP) is 0.131. The number of thiol groups is 1. The molecule has 0 radical (unpaired) electrons. The minimum atomic E-state index is -0.907. The van der Waals surface area contributed by atoms with E-state index in [-0.39, 0.29) is 0 Å². The highest BCUT2D eigenvalue weighted by molar-refractivity contribution is 7.82. The molecule has 0 amide bonds. The Labute approximate surface area is 67.9 Å². The highest BCUT2D eigenvalue weighted by Gasteiger charge is 2.16. The van der Waals surface area contributed by atoms with E-state index in [2.05, 4.69) is 33.0 Å². The van der Waals surface area contributed by atoms with Crippen LogP contribution in [0.4, 0.5) is 0 Å². The Morgan fingerprint density at radius 1 is 1.56 bits per heavy atom. The lowest BCUT2D eigenvalue weighted by molar-refractivity contribution is 0.592. The SMILES string of the molecule is CC(C)C(S)[SiH](C)O[SiH3]. The summed E-state index contributed by atoms with van der Waals surface area (Å²) in [6.45, 7) is 6.61. The number of hydrogen-bond donors (Lipinski definition) is 1. The van der Waals surface area contributed by atoms with Gasteiger partial charge in [-0.15, -0.1) is 0 Å². The van der Waals surface area contributed by atoms with Gasteiger partial charge in [-0.25, -0.2) is 0 Å². The maximum atomic E-state index is 5.37. The van der Waals surface area contributed by atoms with Crippen LogP contribution in [0.2, 0.25) is 6.55 Å². The van der Waals surface area contributed by atoms with Crippen LogP contribution in [0.1, 0.15) is 13.8 Å². The Balaban J connectivity index is 3.58. The van der Waals surface area contributed by atoms with E-state index in [1.54, 1.807) is 0 Å². The minimum Gasteiger partial charge on any atom is -0.465 e. The summed E-state index contributed by atoms with van der Waals surface area (Å²) >= 11 is 4.46. The van der Waals surface area contributed by atoms with E-state index in [9.17, 15) is 0 Å². The average molecular weight is 180 g/mol. The maximum Gasteiger partial charge on any atom is 0.172 e. The zero-order chi connectivity index (χ0) is 7.44. The van der Waals surface area contributed by atoms with Gasteiger partial charge >= 0.3 is 0 Å². The van der Waals surface area contributed by atoms with Crippen LogP contribution >= 0.6 is 12.6 Å². The van der Waals surface area contributed by atoms with Crippen molar-refractivity contribution in [3.05, 3.63) is 0 Å². The molecule has 1 nitrogen and oxygen atoms in total. The third-order valence-electron chi connectivity index (χ3n) is 1.54. The van der Waals surface area contributed by atoms with Gasteiger partial charge in [0, 0.05) is 4.87 Å².